The molecule has 7 heteroatoms. The molecule has 3 rings (SSSR count). The fraction of sp³-hybridized carbons (Fsp3) is 0.167. The zero-order chi connectivity index (χ0) is 18.0. The van der Waals surface area contributed by atoms with E-state index in [0.29, 0.717) is 13.2 Å². The van der Waals surface area contributed by atoms with Crippen LogP contribution in [0.1, 0.15) is 31.1 Å². The van der Waals surface area contributed by atoms with Crippen molar-refractivity contribution in [1.29, 1.82) is 0 Å². The number of anilines is 1. The average molecular weight is 340 g/mol. The van der Waals surface area contributed by atoms with E-state index in [9.17, 15) is 19.5 Å². The SMILES string of the molecule is COCCNC(=O)c1ccc2c(c1)C(=O)N(c1cccc(O)c1)C2=O. The Morgan fingerprint density at radius 3 is 2.60 bits per heavy atom. The van der Waals surface area contributed by atoms with Crippen LogP contribution in [0.25, 0.3) is 0 Å². The average Bonchev–Trinajstić information content (AvgIpc) is 2.85. The van der Waals surface area contributed by atoms with Crippen molar-refractivity contribution >= 4 is 23.4 Å². The number of amides is 3. The van der Waals surface area contributed by atoms with Crippen molar-refractivity contribution in [3.05, 3.63) is 59.2 Å². The minimum atomic E-state index is -0.530. The topological polar surface area (TPSA) is 95.9 Å². The highest BCUT2D eigenvalue weighted by Crippen LogP contribution is 2.30. The Kier molecular flexibility index (Phi) is 4.49. The van der Waals surface area contributed by atoms with Crippen LogP contribution in [0, 0.1) is 0 Å². The molecule has 0 unspecified atom stereocenters. The number of nitrogens with one attached hydrogen (secondary N) is 1. The number of phenols is 1. The molecule has 0 aromatic heterocycles. The van der Waals surface area contributed by atoms with Gasteiger partial charge in [0.25, 0.3) is 17.7 Å². The lowest BCUT2D eigenvalue weighted by atomic mass is 10.1. The molecule has 0 fully saturated rings. The Morgan fingerprint density at radius 1 is 1.12 bits per heavy atom. The molecule has 0 bridgehead atoms. The van der Waals surface area contributed by atoms with Crippen molar-refractivity contribution in [2.75, 3.05) is 25.2 Å². The van der Waals surface area contributed by atoms with Crippen LogP contribution in [0.5, 0.6) is 5.75 Å². The molecule has 0 radical (unpaired) electrons. The van der Waals surface area contributed by atoms with Gasteiger partial charge in [-0.05, 0) is 30.3 Å². The maximum atomic E-state index is 12.6. The van der Waals surface area contributed by atoms with Gasteiger partial charge in [0.15, 0.2) is 0 Å². The van der Waals surface area contributed by atoms with Gasteiger partial charge >= 0.3 is 0 Å². The number of benzene rings is 2. The summed E-state index contributed by atoms with van der Waals surface area (Å²) in [5, 5.41) is 12.2. The monoisotopic (exact) mass is 340 g/mol. The molecule has 0 atom stereocenters. The maximum Gasteiger partial charge on any atom is 0.266 e. The fourth-order valence-corrected chi connectivity index (χ4v) is 2.62. The Balaban J connectivity index is 1.89. The highest BCUT2D eigenvalue weighted by molar-refractivity contribution is 6.34. The van der Waals surface area contributed by atoms with E-state index in [1.165, 1.54) is 37.4 Å². The van der Waals surface area contributed by atoms with Gasteiger partial charge < -0.3 is 15.2 Å². The Labute approximate surface area is 143 Å². The molecule has 1 aliphatic rings. The van der Waals surface area contributed by atoms with Crippen LogP contribution in [-0.2, 0) is 4.74 Å². The van der Waals surface area contributed by atoms with E-state index in [0.717, 1.165) is 4.90 Å². The lowest BCUT2D eigenvalue weighted by molar-refractivity contribution is 0.0921. The second-order valence-corrected chi connectivity index (χ2v) is 5.47. The van der Waals surface area contributed by atoms with E-state index in [4.69, 9.17) is 4.74 Å². The number of fused-ring (bicyclic) bond motifs is 1. The molecular weight excluding hydrogens is 324 g/mol. The van der Waals surface area contributed by atoms with E-state index in [1.54, 1.807) is 12.1 Å². The third-order valence-corrected chi connectivity index (χ3v) is 3.83. The van der Waals surface area contributed by atoms with Crippen molar-refractivity contribution in [2.45, 2.75) is 0 Å². The molecule has 3 amide bonds. The molecular formula is C18H16N2O5. The highest BCUT2D eigenvalue weighted by Gasteiger charge is 2.37. The number of aromatic hydroxyl groups is 1. The minimum absolute atomic E-state index is 0.0488. The van der Waals surface area contributed by atoms with Crippen LogP contribution < -0.4 is 10.2 Å². The smallest absolute Gasteiger partial charge is 0.266 e. The van der Waals surface area contributed by atoms with Gasteiger partial charge in [-0.15, -0.1) is 0 Å². The van der Waals surface area contributed by atoms with Gasteiger partial charge in [-0.25, -0.2) is 4.90 Å². The molecule has 0 spiro atoms. The van der Waals surface area contributed by atoms with E-state index >= 15 is 0 Å². The van der Waals surface area contributed by atoms with E-state index in [-0.39, 0.29) is 34.0 Å². The van der Waals surface area contributed by atoms with E-state index < -0.39 is 11.8 Å². The number of nitrogens with zero attached hydrogens (tertiary/aromatic N) is 1. The third-order valence-electron chi connectivity index (χ3n) is 3.83. The summed E-state index contributed by atoms with van der Waals surface area (Å²) < 4.78 is 4.87. The largest absolute Gasteiger partial charge is 0.508 e. The van der Waals surface area contributed by atoms with Crippen LogP contribution in [0.15, 0.2) is 42.5 Å². The number of rotatable bonds is 5. The predicted molar refractivity (Wildman–Crippen MR) is 89.9 cm³/mol. The predicted octanol–water partition coefficient (Wildman–Crippen LogP) is 1.57. The number of ether oxygens (including phenoxy) is 1. The molecule has 1 heterocycles. The van der Waals surface area contributed by atoms with E-state index in [1.807, 2.05) is 0 Å². The van der Waals surface area contributed by atoms with Gasteiger partial charge in [0.1, 0.15) is 5.75 Å². The standard InChI is InChI=1S/C18H16N2O5/c1-25-8-7-19-16(22)11-5-6-14-15(9-11)18(24)20(17(14)23)12-3-2-4-13(21)10-12/h2-6,9-10,21H,7-8H2,1H3,(H,19,22). The summed E-state index contributed by atoms with van der Waals surface area (Å²) in [6.45, 7) is 0.716. The molecule has 2 aromatic rings. The lowest BCUT2D eigenvalue weighted by Crippen LogP contribution is -2.29. The molecule has 128 valence electrons. The van der Waals surface area contributed by atoms with Gasteiger partial charge in [-0.3, -0.25) is 14.4 Å². The number of carbonyl (C=O) groups is 3. The molecule has 0 aliphatic carbocycles. The lowest BCUT2D eigenvalue weighted by Gasteiger charge is -2.13. The van der Waals surface area contributed by atoms with Crippen LogP contribution in [0.3, 0.4) is 0 Å². The molecule has 0 saturated heterocycles. The Morgan fingerprint density at radius 2 is 1.88 bits per heavy atom. The summed E-state index contributed by atoms with van der Waals surface area (Å²) in [6, 6.07) is 10.2. The zero-order valence-electron chi connectivity index (χ0n) is 13.5. The van der Waals surface area contributed by atoms with E-state index in [2.05, 4.69) is 5.32 Å². The first-order valence-corrected chi connectivity index (χ1v) is 7.62. The van der Waals surface area contributed by atoms with Crippen molar-refractivity contribution < 1.29 is 24.2 Å². The molecule has 1 aliphatic heterocycles. The molecule has 7 nitrogen and oxygen atoms in total. The summed E-state index contributed by atoms with van der Waals surface area (Å²) in [7, 11) is 1.53. The summed E-state index contributed by atoms with van der Waals surface area (Å²) in [5.74, 6) is -1.42. The normalized spacial score (nSPS) is 13.1. The second kappa shape index (κ2) is 6.74. The second-order valence-electron chi connectivity index (χ2n) is 5.47. The van der Waals surface area contributed by atoms with Crippen molar-refractivity contribution in [3.8, 4) is 5.75 Å². The molecule has 0 saturated carbocycles. The van der Waals surface area contributed by atoms with Gasteiger partial charge in [0, 0.05) is 25.3 Å². The van der Waals surface area contributed by atoms with Gasteiger partial charge in [-0.2, -0.15) is 0 Å². The first-order chi connectivity index (χ1) is 12.0. The molecule has 2 aromatic carbocycles. The number of methoxy groups -OCH3 is 1. The maximum absolute atomic E-state index is 12.6. The van der Waals surface area contributed by atoms with Crippen molar-refractivity contribution in [1.82, 2.24) is 5.32 Å². The van der Waals surface area contributed by atoms with Gasteiger partial charge in [0.2, 0.25) is 0 Å². The van der Waals surface area contributed by atoms with Crippen LogP contribution >= 0.6 is 0 Å². The first-order valence-electron chi connectivity index (χ1n) is 7.62. The van der Waals surface area contributed by atoms with Crippen molar-refractivity contribution in [2.24, 2.45) is 0 Å². The first kappa shape index (κ1) is 16.7. The summed E-state index contributed by atoms with van der Waals surface area (Å²) >= 11 is 0. The van der Waals surface area contributed by atoms with Crippen LogP contribution in [-0.4, -0.2) is 43.1 Å². The quantitative estimate of drug-likeness (QED) is 0.636. The third kappa shape index (κ3) is 3.09. The molecule has 2 N–H and O–H groups in total. The van der Waals surface area contributed by atoms with Gasteiger partial charge in [0.05, 0.1) is 23.4 Å². The summed E-state index contributed by atoms with van der Waals surface area (Å²) in [6.07, 6.45) is 0. The van der Waals surface area contributed by atoms with Crippen LogP contribution in [0.4, 0.5) is 5.69 Å². The van der Waals surface area contributed by atoms with Crippen molar-refractivity contribution in [3.63, 3.8) is 0 Å². The number of phenolic OH excluding ortho intramolecular Hbond substituents is 1. The Bertz CT molecular complexity index is 862. The number of hydrogen-bond donors (Lipinski definition) is 2. The van der Waals surface area contributed by atoms with Gasteiger partial charge in [-0.1, -0.05) is 6.07 Å². The number of hydrogen-bond acceptors (Lipinski definition) is 5. The minimum Gasteiger partial charge on any atom is -0.508 e. The zero-order valence-corrected chi connectivity index (χ0v) is 13.5. The Hall–Kier alpha value is -3.19. The van der Waals surface area contributed by atoms with Crippen LogP contribution in [0.2, 0.25) is 0 Å². The number of carbonyl (C=O) groups excluding carboxylic acids is 3. The fourth-order valence-electron chi connectivity index (χ4n) is 2.62. The summed E-state index contributed by atoms with van der Waals surface area (Å²) in [4.78, 5) is 38.2. The molecule has 25 heavy (non-hydrogen) atoms. The highest BCUT2D eigenvalue weighted by atomic mass is 16.5. The number of imide groups is 1. The summed E-state index contributed by atoms with van der Waals surface area (Å²) in [5.41, 5.74) is 0.945.